The monoisotopic (exact) mass is 242 g/mol. The van der Waals surface area contributed by atoms with Crippen LogP contribution in [0.15, 0.2) is 0 Å². The Morgan fingerprint density at radius 1 is 1.35 bits per heavy atom. The Morgan fingerprint density at radius 3 is 2.47 bits per heavy atom. The fraction of sp³-hybridized carbons (Fsp3) is 0.727. The highest BCUT2D eigenvalue weighted by Gasteiger charge is 2.33. The normalized spacial score (nSPS) is 16.1. The molecule has 1 aliphatic rings. The largest absolute Gasteiger partial charge is 0.481 e. The zero-order valence-electron chi connectivity index (χ0n) is 9.86. The molecule has 1 unspecified atom stereocenters. The molecule has 0 aromatic carbocycles. The van der Waals surface area contributed by atoms with E-state index in [1.54, 1.807) is 0 Å². The van der Waals surface area contributed by atoms with Gasteiger partial charge in [-0.15, -0.1) is 0 Å². The Kier molecular flexibility index (Phi) is 4.93. The Morgan fingerprint density at radius 2 is 2.00 bits per heavy atom. The van der Waals surface area contributed by atoms with Crippen molar-refractivity contribution in [3.63, 3.8) is 0 Å². The lowest BCUT2D eigenvalue weighted by atomic mass is 10.1. The first-order valence-corrected chi connectivity index (χ1v) is 5.74. The third kappa shape index (κ3) is 5.89. The molecule has 3 N–H and O–H groups in total. The lowest BCUT2D eigenvalue weighted by Crippen LogP contribution is -2.39. The van der Waals surface area contributed by atoms with E-state index in [-0.39, 0.29) is 37.2 Å². The van der Waals surface area contributed by atoms with Gasteiger partial charge in [-0.2, -0.15) is 0 Å². The number of aliphatic carboxylic acids is 1. The molecule has 2 amide bonds. The number of hydrogen-bond donors (Lipinski definition) is 3. The van der Waals surface area contributed by atoms with Crippen LogP contribution in [0.5, 0.6) is 0 Å². The second-order valence-corrected chi connectivity index (χ2v) is 4.34. The third-order valence-corrected chi connectivity index (χ3v) is 2.66. The van der Waals surface area contributed by atoms with E-state index in [0.717, 1.165) is 12.8 Å². The van der Waals surface area contributed by atoms with Crippen molar-refractivity contribution >= 4 is 17.8 Å². The summed E-state index contributed by atoms with van der Waals surface area (Å²) in [5, 5.41) is 13.9. The van der Waals surface area contributed by atoms with Gasteiger partial charge in [-0.25, -0.2) is 0 Å². The molecule has 1 saturated carbocycles. The standard InChI is InChI=1S/C11H18N2O4/c1-7(14)12-5-4-10(15)13-9(6-11(16)17)8-2-3-8/h8-9H,2-6H2,1H3,(H,12,14)(H,13,15)(H,16,17). The van der Waals surface area contributed by atoms with Crippen LogP contribution >= 0.6 is 0 Å². The van der Waals surface area contributed by atoms with Crippen molar-refractivity contribution in [3.8, 4) is 0 Å². The van der Waals surface area contributed by atoms with Gasteiger partial charge in [0.15, 0.2) is 0 Å². The molecular weight excluding hydrogens is 224 g/mol. The van der Waals surface area contributed by atoms with Crippen LogP contribution in [0.4, 0.5) is 0 Å². The van der Waals surface area contributed by atoms with Crippen molar-refractivity contribution in [1.82, 2.24) is 10.6 Å². The zero-order valence-corrected chi connectivity index (χ0v) is 9.86. The van der Waals surface area contributed by atoms with Gasteiger partial charge in [0.25, 0.3) is 0 Å². The van der Waals surface area contributed by atoms with Crippen LogP contribution in [0, 0.1) is 5.92 Å². The maximum Gasteiger partial charge on any atom is 0.305 e. The lowest BCUT2D eigenvalue weighted by molar-refractivity contribution is -0.137. The first kappa shape index (κ1) is 13.5. The molecule has 1 aliphatic carbocycles. The first-order valence-electron chi connectivity index (χ1n) is 5.74. The number of amides is 2. The number of carboxylic acids is 1. The molecule has 0 spiro atoms. The van der Waals surface area contributed by atoms with Crippen LogP contribution in [0.2, 0.25) is 0 Å². The zero-order chi connectivity index (χ0) is 12.8. The van der Waals surface area contributed by atoms with Crippen molar-refractivity contribution < 1.29 is 19.5 Å². The van der Waals surface area contributed by atoms with E-state index in [4.69, 9.17) is 5.11 Å². The maximum absolute atomic E-state index is 11.5. The molecule has 0 bridgehead atoms. The maximum atomic E-state index is 11.5. The summed E-state index contributed by atoms with van der Waals surface area (Å²) in [6, 6.07) is -0.266. The average molecular weight is 242 g/mol. The topological polar surface area (TPSA) is 95.5 Å². The van der Waals surface area contributed by atoms with Gasteiger partial charge >= 0.3 is 5.97 Å². The van der Waals surface area contributed by atoms with Gasteiger partial charge in [0, 0.05) is 25.9 Å². The molecule has 0 radical (unpaired) electrons. The molecule has 0 aliphatic heterocycles. The van der Waals surface area contributed by atoms with Gasteiger partial charge in [-0.1, -0.05) is 0 Å². The molecule has 17 heavy (non-hydrogen) atoms. The fourth-order valence-corrected chi connectivity index (χ4v) is 1.65. The predicted octanol–water partition coefficient (Wildman–Crippen LogP) is -0.118. The van der Waals surface area contributed by atoms with Crippen LogP contribution in [-0.4, -0.2) is 35.5 Å². The smallest absolute Gasteiger partial charge is 0.305 e. The van der Waals surface area contributed by atoms with E-state index in [1.165, 1.54) is 6.92 Å². The van der Waals surface area contributed by atoms with Gasteiger partial charge in [0.1, 0.15) is 0 Å². The molecule has 0 aromatic rings. The number of nitrogens with one attached hydrogen (secondary N) is 2. The highest BCUT2D eigenvalue weighted by molar-refractivity contribution is 5.79. The lowest BCUT2D eigenvalue weighted by Gasteiger charge is -2.16. The van der Waals surface area contributed by atoms with E-state index >= 15 is 0 Å². The molecule has 0 aromatic heterocycles. The summed E-state index contributed by atoms with van der Waals surface area (Å²) in [4.78, 5) is 32.7. The Bertz CT molecular complexity index is 313. The van der Waals surface area contributed by atoms with E-state index < -0.39 is 5.97 Å². The molecule has 0 saturated heterocycles. The highest BCUT2D eigenvalue weighted by Crippen LogP contribution is 2.34. The van der Waals surface area contributed by atoms with E-state index in [9.17, 15) is 14.4 Å². The quantitative estimate of drug-likeness (QED) is 0.580. The number of carbonyl (C=O) groups is 3. The number of rotatable bonds is 7. The van der Waals surface area contributed by atoms with Gasteiger partial charge in [0.05, 0.1) is 6.42 Å². The van der Waals surface area contributed by atoms with Crippen molar-refractivity contribution in [2.75, 3.05) is 6.54 Å². The minimum Gasteiger partial charge on any atom is -0.481 e. The first-order chi connectivity index (χ1) is 7.99. The SMILES string of the molecule is CC(=O)NCCC(=O)NC(CC(=O)O)C1CC1. The molecular formula is C11H18N2O4. The fourth-order valence-electron chi connectivity index (χ4n) is 1.65. The van der Waals surface area contributed by atoms with Crippen LogP contribution in [0.3, 0.4) is 0 Å². The minimum atomic E-state index is -0.899. The summed E-state index contributed by atoms with van der Waals surface area (Å²) in [5.74, 6) is -0.987. The van der Waals surface area contributed by atoms with Crippen LogP contribution in [0.25, 0.3) is 0 Å². The van der Waals surface area contributed by atoms with E-state index in [0.29, 0.717) is 5.92 Å². The summed E-state index contributed by atoms with van der Waals surface area (Å²) >= 11 is 0. The van der Waals surface area contributed by atoms with Crippen molar-refractivity contribution in [3.05, 3.63) is 0 Å². The van der Waals surface area contributed by atoms with Crippen LogP contribution < -0.4 is 10.6 Å². The molecule has 1 rings (SSSR count). The number of hydrogen-bond acceptors (Lipinski definition) is 3. The predicted molar refractivity (Wildman–Crippen MR) is 60.2 cm³/mol. The Balaban J connectivity index is 2.26. The molecule has 96 valence electrons. The van der Waals surface area contributed by atoms with Crippen molar-refractivity contribution in [2.45, 2.75) is 38.6 Å². The number of carboxylic acid groups (broad SMARTS) is 1. The van der Waals surface area contributed by atoms with E-state index in [2.05, 4.69) is 10.6 Å². The molecule has 6 heteroatoms. The summed E-state index contributed by atoms with van der Waals surface area (Å²) in [7, 11) is 0. The molecule has 6 nitrogen and oxygen atoms in total. The second-order valence-electron chi connectivity index (χ2n) is 4.34. The molecule has 1 atom stereocenters. The second kappa shape index (κ2) is 6.22. The van der Waals surface area contributed by atoms with E-state index in [1.807, 2.05) is 0 Å². The Labute approximate surface area is 99.8 Å². The van der Waals surface area contributed by atoms with Gasteiger partial charge in [0.2, 0.25) is 11.8 Å². The summed E-state index contributed by atoms with van der Waals surface area (Å²) in [5.41, 5.74) is 0. The van der Waals surface area contributed by atoms with Crippen molar-refractivity contribution in [2.24, 2.45) is 5.92 Å². The van der Waals surface area contributed by atoms with Gasteiger partial charge in [-0.3, -0.25) is 14.4 Å². The molecule has 1 fully saturated rings. The van der Waals surface area contributed by atoms with Crippen LogP contribution in [0.1, 0.15) is 32.6 Å². The van der Waals surface area contributed by atoms with Gasteiger partial charge < -0.3 is 15.7 Å². The summed E-state index contributed by atoms with van der Waals surface area (Å²) in [6.45, 7) is 1.67. The average Bonchev–Trinajstić information content (AvgIpc) is 2.98. The van der Waals surface area contributed by atoms with Crippen LogP contribution in [-0.2, 0) is 14.4 Å². The highest BCUT2D eigenvalue weighted by atomic mass is 16.4. The summed E-state index contributed by atoms with van der Waals surface area (Å²) < 4.78 is 0. The minimum absolute atomic E-state index is 0.0312. The third-order valence-electron chi connectivity index (χ3n) is 2.66. The summed E-state index contributed by atoms with van der Waals surface area (Å²) in [6.07, 6.45) is 2.10. The van der Waals surface area contributed by atoms with Crippen molar-refractivity contribution in [1.29, 1.82) is 0 Å². The number of carbonyl (C=O) groups excluding carboxylic acids is 2. The Hall–Kier alpha value is -1.59. The van der Waals surface area contributed by atoms with Gasteiger partial charge in [-0.05, 0) is 18.8 Å². The molecule has 0 heterocycles.